The van der Waals surface area contributed by atoms with Crippen LogP contribution in [0.2, 0.25) is 0 Å². The van der Waals surface area contributed by atoms with Gasteiger partial charge in [-0.2, -0.15) is 13.2 Å². The lowest BCUT2D eigenvalue weighted by Gasteiger charge is -2.09. The third-order valence-electron chi connectivity index (χ3n) is 3.71. The molecule has 0 aromatic heterocycles. The Hall–Kier alpha value is -2.25. The first-order valence-corrected chi connectivity index (χ1v) is 11.2. The second kappa shape index (κ2) is 20.6. The SMILES string of the molecule is C=C(/C=C\C=C/CCC)NOc1ccc(C(F)(F)F)cc1.CC.CCNCCCC(C)O. The quantitative estimate of drug-likeness (QED) is 0.183. The fourth-order valence-electron chi connectivity index (χ4n) is 2.08. The molecule has 1 rings (SSSR count). The van der Waals surface area contributed by atoms with Gasteiger partial charge in [0.15, 0.2) is 5.75 Å². The standard InChI is InChI=1S/C16H18F3NO.C7H17NO.C2H6/c1-3-4-5-6-7-8-13(2)20-21-15-11-9-14(10-12-15)16(17,18)19;1-3-8-6-4-5-7(2)9;1-2/h5-12,20H,2-4H2,1H3;7-9H,3-6H2,1-2H3;1-2H3/b6-5-,8-7-;;. The molecule has 0 saturated heterocycles. The van der Waals surface area contributed by atoms with Crippen LogP contribution in [0, 0.1) is 0 Å². The van der Waals surface area contributed by atoms with Crippen LogP contribution in [0.4, 0.5) is 13.2 Å². The van der Waals surface area contributed by atoms with Gasteiger partial charge in [-0.1, -0.05) is 58.9 Å². The number of halogens is 3. The molecule has 3 N–H and O–H groups in total. The maximum absolute atomic E-state index is 12.4. The average molecular weight is 459 g/mol. The monoisotopic (exact) mass is 458 g/mol. The first-order chi connectivity index (χ1) is 15.2. The second-order valence-electron chi connectivity index (χ2n) is 6.67. The zero-order valence-electron chi connectivity index (χ0n) is 20.1. The van der Waals surface area contributed by atoms with Crippen molar-refractivity contribution in [2.75, 3.05) is 13.1 Å². The van der Waals surface area contributed by atoms with E-state index in [0.29, 0.717) is 5.70 Å². The Bertz CT molecular complexity index is 625. The van der Waals surface area contributed by atoms with E-state index < -0.39 is 11.7 Å². The number of aliphatic hydroxyl groups is 1. The van der Waals surface area contributed by atoms with Crippen molar-refractivity contribution < 1.29 is 23.1 Å². The number of unbranched alkanes of at least 4 members (excludes halogenated alkanes) is 1. The Morgan fingerprint density at radius 2 is 1.78 bits per heavy atom. The smallest absolute Gasteiger partial charge is 0.393 e. The normalized spacial score (nSPS) is 11.9. The highest BCUT2D eigenvalue weighted by Gasteiger charge is 2.30. The highest BCUT2D eigenvalue weighted by atomic mass is 19.4. The van der Waals surface area contributed by atoms with E-state index in [1.807, 2.05) is 32.9 Å². The van der Waals surface area contributed by atoms with Gasteiger partial charge in [0.05, 0.1) is 17.4 Å². The molecule has 0 spiro atoms. The van der Waals surface area contributed by atoms with Gasteiger partial charge in [-0.05, 0) is 69.6 Å². The van der Waals surface area contributed by atoms with E-state index in [2.05, 4.69) is 31.2 Å². The van der Waals surface area contributed by atoms with Gasteiger partial charge in [0, 0.05) is 0 Å². The molecule has 0 radical (unpaired) electrons. The van der Waals surface area contributed by atoms with E-state index >= 15 is 0 Å². The van der Waals surface area contributed by atoms with Crippen LogP contribution in [0.15, 0.2) is 60.8 Å². The van der Waals surface area contributed by atoms with Gasteiger partial charge in [0.1, 0.15) is 0 Å². The molecule has 32 heavy (non-hydrogen) atoms. The summed E-state index contributed by atoms with van der Waals surface area (Å²) in [5, 5.41) is 12.0. The van der Waals surface area contributed by atoms with Gasteiger partial charge in [-0.15, -0.1) is 0 Å². The van der Waals surface area contributed by atoms with E-state index in [9.17, 15) is 13.2 Å². The molecule has 1 aromatic carbocycles. The van der Waals surface area contributed by atoms with Crippen molar-refractivity contribution in [2.45, 2.75) is 72.6 Å². The number of rotatable bonds is 12. The number of alkyl halides is 3. The lowest BCUT2D eigenvalue weighted by atomic mass is 10.2. The highest BCUT2D eigenvalue weighted by molar-refractivity contribution is 5.29. The number of aliphatic hydroxyl groups excluding tert-OH is 1. The molecule has 0 saturated carbocycles. The average Bonchev–Trinajstić information content (AvgIpc) is 2.76. The van der Waals surface area contributed by atoms with E-state index in [4.69, 9.17) is 9.94 Å². The topological polar surface area (TPSA) is 53.5 Å². The first-order valence-electron chi connectivity index (χ1n) is 11.2. The lowest BCUT2D eigenvalue weighted by molar-refractivity contribution is -0.137. The Morgan fingerprint density at radius 1 is 1.16 bits per heavy atom. The molecular formula is C25H41F3N2O2. The van der Waals surface area contributed by atoms with Gasteiger partial charge in [-0.3, -0.25) is 0 Å². The summed E-state index contributed by atoms with van der Waals surface area (Å²) in [6.07, 6.45) is 7.03. The Kier molecular flexibility index (Phi) is 20.6. The van der Waals surface area contributed by atoms with Crippen LogP contribution in [0.5, 0.6) is 5.75 Å². The van der Waals surface area contributed by atoms with Crippen molar-refractivity contribution in [1.29, 1.82) is 0 Å². The zero-order valence-corrected chi connectivity index (χ0v) is 20.1. The molecule has 0 aliphatic rings. The molecule has 0 fully saturated rings. The molecular weight excluding hydrogens is 417 g/mol. The second-order valence-corrected chi connectivity index (χ2v) is 6.67. The molecule has 0 aliphatic carbocycles. The third-order valence-corrected chi connectivity index (χ3v) is 3.71. The number of allylic oxidation sites excluding steroid dienone is 4. The molecule has 7 heteroatoms. The molecule has 0 bridgehead atoms. The van der Waals surface area contributed by atoms with Crippen LogP contribution in [-0.2, 0) is 6.18 Å². The third kappa shape index (κ3) is 19.7. The summed E-state index contributed by atoms with van der Waals surface area (Å²) in [5.41, 5.74) is 2.33. The summed E-state index contributed by atoms with van der Waals surface area (Å²) in [4.78, 5) is 5.12. The molecule has 1 aromatic rings. The number of benzene rings is 1. The first kappa shape index (κ1) is 31.9. The maximum Gasteiger partial charge on any atom is 0.416 e. The van der Waals surface area contributed by atoms with E-state index in [0.717, 1.165) is 50.9 Å². The largest absolute Gasteiger partial charge is 0.416 e. The number of hydrogen-bond acceptors (Lipinski definition) is 4. The predicted molar refractivity (Wildman–Crippen MR) is 128 cm³/mol. The van der Waals surface area contributed by atoms with Crippen LogP contribution in [0.1, 0.15) is 65.9 Å². The van der Waals surface area contributed by atoms with Gasteiger partial charge in [0.2, 0.25) is 0 Å². The van der Waals surface area contributed by atoms with E-state index in [1.165, 1.54) is 12.1 Å². The van der Waals surface area contributed by atoms with Crippen LogP contribution < -0.4 is 15.6 Å². The van der Waals surface area contributed by atoms with Crippen molar-refractivity contribution in [3.8, 4) is 5.75 Å². The summed E-state index contributed by atoms with van der Waals surface area (Å²) in [6.45, 7) is 15.8. The Balaban J connectivity index is 0. The summed E-state index contributed by atoms with van der Waals surface area (Å²) in [6, 6.07) is 4.41. The molecule has 4 nitrogen and oxygen atoms in total. The lowest BCUT2D eigenvalue weighted by Crippen LogP contribution is -2.15. The summed E-state index contributed by atoms with van der Waals surface area (Å²) in [7, 11) is 0. The van der Waals surface area contributed by atoms with Crippen LogP contribution in [0.25, 0.3) is 0 Å². The number of hydroxylamine groups is 1. The maximum atomic E-state index is 12.4. The fourth-order valence-corrected chi connectivity index (χ4v) is 2.08. The van der Waals surface area contributed by atoms with Crippen LogP contribution in [-0.4, -0.2) is 24.3 Å². The van der Waals surface area contributed by atoms with Gasteiger partial charge in [0.25, 0.3) is 0 Å². The summed E-state index contributed by atoms with van der Waals surface area (Å²) >= 11 is 0. The minimum Gasteiger partial charge on any atom is -0.393 e. The predicted octanol–water partition coefficient (Wildman–Crippen LogP) is 6.80. The van der Waals surface area contributed by atoms with Crippen LogP contribution >= 0.6 is 0 Å². The minimum absolute atomic E-state index is 0.136. The Labute approximate surface area is 192 Å². The van der Waals surface area contributed by atoms with Crippen molar-refractivity contribution in [1.82, 2.24) is 10.8 Å². The van der Waals surface area contributed by atoms with Gasteiger partial charge in [-0.25, -0.2) is 5.48 Å². The number of hydrogen-bond donors (Lipinski definition) is 3. The molecule has 1 unspecified atom stereocenters. The molecule has 1 atom stereocenters. The summed E-state index contributed by atoms with van der Waals surface area (Å²) < 4.78 is 37.1. The minimum atomic E-state index is -4.34. The summed E-state index contributed by atoms with van der Waals surface area (Å²) in [5.74, 6) is 0.277. The number of nitrogens with one attached hydrogen (secondary N) is 2. The fraction of sp³-hybridized carbons (Fsp3) is 0.520. The zero-order chi connectivity index (χ0) is 24.8. The highest BCUT2D eigenvalue weighted by Crippen LogP contribution is 2.30. The Morgan fingerprint density at radius 3 is 2.28 bits per heavy atom. The van der Waals surface area contributed by atoms with E-state index in [-0.39, 0.29) is 11.9 Å². The molecule has 0 heterocycles. The molecule has 0 aliphatic heterocycles. The molecule has 184 valence electrons. The molecule has 0 amide bonds. The van der Waals surface area contributed by atoms with E-state index in [1.54, 1.807) is 12.2 Å². The van der Waals surface area contributed by atoms with Gasteiger partial charge >= 0.3 is 6.18 Å². The van der Waals surface area contributed by atoms with Crippen LogP contribution in [0.3, 0.4) is 0 Å². The van der Waals surface area contributed by atoms with Crippen molar-refractivity contribution >= 4 is 0 Å². The van der Waals surface area contributed by atoms with Crippen molar-refractivity contribution in [3.05, 3.63) is 66.4 Å². The van der Waals surface area contributed by atoms with Crippen molar-refractivity contribution in [2.24, 2.45) is 0 Å². The van der Waals surface area contributed by atoms with Crippen molar-refractivity contribution in [3.63, 3.8) is 0 Å². The van der Waals surface area contributed by atoms with Gasteiger partial charge < -0.3 is 15.3 Å².